The van der Waals surface area contributed by atoms with Crippen LogP contribution in [-0.2, 0) is 0 Å². The Morgan fingerprint density at radius 2 is 1.92 bits per heavy atom. The van der Waals surface area contributed by atoms with Gasteiger partial charge in [0, 0.05) is 0 Å². The van der Waals surface area contributed by atoms with Gasteiger partial charge in [0.1, 0.15) is 0 Å². The topological polar surface area (TPSA) is 20.2 Å². The van der Waals surface area contributed by atoms with Gasteiger partial charge in [0.05, 0.1) is 5.60 Å². The molecule has 0 radical (unpaired) electrons. The molecule has 0 aromatic heterocycles. The Morgan fingerprint density at radius 1 is 1.25 bits per heavy atom. The zero-order valence-electron chi connectivity index (χ0n) is 8.38. The molecule has 1 unspecified atom stereocenters. The van der Waals surface area contributed by atoms with Crippen LogP contribution in [0.15, 0.2) is 24.3 Å². The maximum Gasteiger partial charge on any atom is 0.0800 e. The van der Waals surface area contributed by atoms with E-state index in [4.69, 9.17) is 0 Å². The minimum atomic E-state index is -0.642. The molecule has 0 aromatic rings. The van der Waals surface area contributed by atoms with Crippen LogP contribution in [0.3, 0.4) is 0 Å². The van der Waals surface area contributed by atoms with Crippen molar-refractivity contribution in [3.8, 4) is 0 Å². The lowest BCUT2D eigenvalue weighted by Gasteiger charge is -2.14. The molecule has 1 heteroatoms. The van der Waals surface area contributed by atoms with Gasteiger partial charge in [0.2, 0.25) is 0 Å². The number of hydrogen-bond donors (Lipinski definition) is 1. The Hall–Kier alpha value is -0.560. The molecular weight excluding hydrogens is 148 g/mol. The normalized spacial score (nSPS) is 17.3. The van der Waals surface area contributed by atoms with Gasteiger partial charge in [0.15, 0.2) is 0 Å². The van der Waals surface area contributed by atoms with E-state index in [2.05, 4.69) is 13.0 Å². The lowest BCUT2D eigenvalue weighted by Crippen LogP contribution is -2.18. The standard InChI is InChI=1S/C11H20O/c1-4-6-7-8-9-10-11(3,12)5-2/h7-10,12H,4-6H2,1-3H3. The molecule has 12 heavy (non-hydrogen) atoms. The van der Waals surface area contributed by atoms with Crippen LogP contribution >= 0.6 is 0 Å². The molecule has 0 fully saturated rings. The minimum absolute atomic E-state index is 0.642. The summed E-state index contributed by atoms with van der Waals surface area (Å²) in [6, 6.07) is 0. The highest BCUT2D eigenvalue weighted by Gasteiger charge is 2.10. The Morgan fingerprint density at radius 3 is 2.42 bits per heavy atom. The number of aliphatic hydroxyl groups is 1. The molecule has 0 aliphatic heterocycles. The molecule has 0 aliphatic carbocycles. The molecule has 0 saturated heterocycles. The van der Waals surface area contributed by atoms with E-state index < -0.39 is 5.60 Å². The average Bonchev–Trinajstić information content (AvgIpc) is 2.04. The summed E-state index contributed by atoms with van der Waals surface area (Å²) in [7, 11) is 0. The average molecular weight is 168 g/mol. The second-order valence-corrected chi connectivity index (χ2v) is 3.29. The fourth-order valence-corrected chi connectivity index (χ4v) is 0.722. The molecule has 0 aliphatic rings. The summed E-state index contributed by atoms with van der Waals surface area (Å²) in [5.74, 6) is 0. The Balaban J connectivity index is 3.75. The molecular formula is C11H20O. The van der Waals surface area contributed by atoms with Gasteiger partial charge in [-0.3, -0.25) is 0 Å². The molecule has 0 bridgehead atoms. The first-order valence-electron chi connectivity index (χ1n) is 4.69. The van der Waals surface area contributed by atoms with Crippen molar-refractivity contribution in [1.82, 2.24) is 0 Å². The van der Waals surface area contributed by atoms with E-state index in [1.165, 1.54) is 6.42 Å². The summed E-state index contributed by atoms with van der Waals surface area (Å²) in [6.45, 7) is 5.94. The maximum atomic E-state index is 9.56. The lowest BCUT2D eigenvalue weighted by molar-refractivity contribution is 0.108. The molecule has 70 valence electrons. The summed E-state index contributed by atoms with van der Waals surface area (Å²) in [5, 5.41) is 9.56. The maximum absolute atomic E-state index is 9.56. The van der Waals surface area contributed by atoms with Crippen molar-refractivity contribution < 1.29 is 5.11 Å². The molecule has 0 rings (SSSR count). The van der Waals surface area contributed by atoms with Crippen LogP contribution in [0, 0.1) is 0 Å². The van der Waals surface area contributed by atoms with E-state index in [0.29, 0.717) is 0 Å². The third kappa shape index (κ3) is 6.17. The highest BCUT2D eigenvalue weighted by Crippen LogP contribution is 2.09. The van der Waals surface area contributed by atoms with Gasteiger partial charge in [-0.1, -0.05) is 44.6 Å². The third-order valence-electron chi connectivity index (χ3n) is 1.87. The summed E-state index contributed by atoms with van der Waals surface area (Å²) in [5.41, 5.74) is -0.642. The fourth-order valence-electron chi connectivity index (χ4n) is 0.722. The highest BCUT2D eigenvalue weighted by atomic mass is 16.3. The quantitative estimate of drug-likeness (QED) is 0.625. The number of rotatable bonds is 5. The predicted octanol–water partition coefficient (Wildman–Crippen LogP) is 3.06. The van der Waals surface area contributed by atoms with E-state index in [0.717, 1.165) is 12.8 Å². The summed E-state index contributed by atoms with van der Waals surface area (Å²) < 4.78 is 0. The van der Waals surface area contributed by atoms with E-state index in [1.807, 2.05) is 32.1 Å². The number of allylic oxidation sites excluding steroid dienone is 3. The van der Waals surface area contributed by atoms with Gasteiger partial charge in [-0.15, -0.1) is 0 Å². The van der Waals surface area contributed by atoms with Crippen molar-refractivity contribution in [2.24, 2.45) is 0 Å². The summed E-state index contributed by atoms with van der Waals surface area (Å²) in [4.78, 5) is 0. The summed E-state index contributed by atoms with van der Waals surface area (Å²) >= 11 is 0. The fraction of sp³-hybridized carbons (Fsp3) is 0.636. The first kappa shape index (κ1) is 11.4. The van der Waals surface area contributed by atoms with Crippen LogP contribution in [0.25, 0.3) is 0 Å². The number of hydrogen-bond acceptors (Lipinski definition) is 1. The largest absolute Gasteiger partial charge is 0.386 e. The van der Waals surface area contributed by atoms with Crippen molar-refractivity contribution in [3.05, 3.63) is 24.3 Å². The van der Waals surface area contributed by atoms with Crippen LogP contribution in [-0.4, -0.2) is 10.7 Å². The van der Waals surface area contributed by atoms with Crippen molar-refractivity contribution in [2.45, 2.75) is 45.6 Å². The highest BCUT2D eigenvalue weighted by molar-refractivity contribution is 5.08. The van der Waals surface area contributed by atoms with Crippen LogP contribution in [0.4, 0.5) is 0 Å². The second kappa shape index (κ2) is 6.01. The van der Waals surface area contributed by atoms with Gasteiger partial charge in [-0.05, 0) is 19.8 Å². The second-order valence-electron chi connectivity index (χ2n) is 3.29. The Bertz CT molecular complexity index is 154. The van der Waals surface area contributed by atoms with Crippen molar-refractivity contribution in [1.29, 1.82) is 0 Å². The van der Waals surface area contributed by atoms with Gasteiger partial charge < -0.3 is 5.11 Å². The van der Waals surface area contributed by atoms with Crippen LogP contribution in [0.2, 0.25) is 0 Å². The van der Waals surface area contributed by atoms with Crippen molar-refractivity contribution >= 4 is 0 Å². The van der Waals surface area contributed by atoms with E-state index in [-0.39, 0.29) is 0 Å². The molecule has 1 atom stereocenters. The van der Waals surface area contributed by atoms with E-state index >= 15 is 0 Å². The van der Waals surface area contributed by atoms with Gasteiger partial charge in [-0.25, -0.2) is 0 Å². The molecule has 0 aromatic carbocycles. The lowest BCUT2D eigenvalue weighted by atomic mass is 10.0. The smallest absolute Gasteiger partial charge is 0.0800 e. The van der Waals surface area contributed by atoms with Gasteiger partial charge in [-0.2, -0.15) is 0 Å². The zero-order chi connectivity index (χ0) is 9.45. The Kier molecular flexibility index (Phi) is 5.73. The molecule has 0 heterocycles. The SMILES string of the molecule is CCCC=CC=CC(C)(O)CC. The van der Waals surface area contributed by atoms with Crippen LogP contribution in [0.5, 0.6) is 0 Å². The van der Waals surface area contributed by atoms with Crippen LogP contribution < -0.4 is 0 Å². The molecule has 1 nitrogen and oxygen atoms in total. The minimum Gasteiger partial charge on any atom is -0.386 e. The van der Waals surface area contributed by atoms with E-state index in [9.17, 15) is 5.11 Å². The predicted molar refractivity (Wildman–Crippen MR) is 54.1 cm³/mol. The molecule has 1 N–H and O–H groups in total. The van der Waals surface area contributed by atoms with Crippen molar-refractivity contribution in [3.63, 3.8) is 0 Å². The van der Waals surface area contributed by atoms with Crippen LogP contribution in [0.1, 0.15) is 40.0 Å². The van der Waals surface area contributed by atoms with Gasteiger partial charge in [0.25, 0.3) is 0 Å². The van der Waals surface area contributed by atoms with Crippen molar-refractivity contribution in [2.75, 3.05) is 0 Å². The summed E-state index contributed by atoms with van der Waals surface area (Å²) in [6.07, 6.45) is 10.9. The zero-order valence-corrected chi connectivity index (χ0v) is 8.38. The first-order valence-corrected chi connectivity index (χ1v) is 4.69. The molecule has 0 saturated carbocycles. The Labute approximate surface area is 75.8 Å². The van der Waals surface area contributed by atoms with E-state index in [1.54, 1.807) is 0 Å². The molecule has 0 amide bonds. The number of unbranched alkanes of at least 4 members (excludes halogenated alkanes) is 1. The van der Waals surface area contributed by atoms with Gasteiger partial charge >= 0.3 is 0 Å². The monoisotopic (exact) mass is 168 g/mol. The first-order chi connectivity index (χ1) is 5.62. The third-order valence-corrected chi connectivity index (χ3v) is 1.87. The molecule has 0 spiro atoms.